The van der Waals surface area contributed by atoms with Crippen molar-refractivity contribution in [1.29, 1.82) is 0 Å². The fraction of sp³-hybridized carbons (Fsp3) is 0.632. The zero-order valence-corrected chi connectivity index (χ0v) is 14.7. The van der Waals surface area contributed by atoms with Crippen LogP contribution in [-0.2, 0) is 0 Å². The molecule has 0 bridgehead atoms. The molecule has 2 heterocycles. The van der Waals surface area contributed by atoms with E-state index >= 15 is 0 Å². The van der Waals surface area contributed by atoms with Gasteiger partial charge in [-0.05, 0) is 56.8 Å². The van der Waals surface area contributed by atoms with Gasteiger partial charge >= 0.3 is 6.03 Å². The summed E-state index contributed by atoms with van der Waals surface area (Å²) in [5, 5.41) is 2.98. The second-order valence-electron chi connectivity index (χ2n) is 6.95. The second kappa shape index (κ2) is 8.38. The maximum Gasteiger partial charge on any atom is 0.321 e. The van der Waals surface area contributed by atoms with Crippen LogP contribution in [0.15, 0.2) is 24.3 Å². The summed E-state index contributed by atoms with van der Waals surface area (Å²) in [5.41, 5.74) is 0.787. The van der Waals surface area contributed by atoms with Gasteiger partial charge in [0, 0.05) is 31.4 Å². The monoisotopic (exact) mass is 331 g/mol. The van der Waals surface area contributed by atoms with Crippen molar-refractivity contribution in [3.8, 4) is 5.75 Å². The van der Waals surface area contributed by atoms with Crippen LogP contribution in [0.25, 0.3) is 0 Å². The molecule has 0 saturated carbocycles. The highest BCUT2D eigenvalue weighted by Crippen LogP contribution is 2.22. The van der Waals surface area contributed by atoms with E-state index in [1.165, 1.54) is 38.9 Å². The molecule has 3 rings (SSSR count). The van der Waals surface area contributed by atoms with E-state index in [1.807, 2.05) is 29.2 Å². The molecule has 1 N–H and O–H groups in total. The Morgan fingerprint density at radius 2 is 1.92 bits per heavy atom. The number of nitrogens with zero attached hydrogens (tertiary/aromatic N) is 2. The summed E-state index contributed by atoms with van der Waals surface area (Å²) in [6.45, 7) is 5.45. The molecule has 24 heavy (non-hydrogen) atoms. The quantitative estimate of drug-likeness (QED) is 0.919. The highest BCUT2D eigenvalue weighted by molar-refractivity contribution is 5.89. The van der Waals surface area contributed by atoms with Crippen LogP contribution in [0.2, 0.25) is 0 Å². The van der Waals surface area contributed by atoms with Crippen LogP contribution in [0.3, 0.4) is 0 Å². The summed E-state index contributed by atoms with van der Waals surface area (Å²) in [4.78, 5) is 17.0. The first-order valence-corrected chi connectivity index (χ1v) is 9.17. The summed E-state index contributed by atoms with van der Waals surface area (Å²) in [6, 6.07) is 7.51. The average Bonchev–Trinajstić information content (AvgIpc) is 2.63. The highest BCUT2D eigenvalue weighted by Gasteiger charge is 2.24. The minimum absolute atomic E-state index is 0.000300. The fourth-order valence-corrected chi connectivity index (χ4v) is 3.73. The molecular weight excluding hydrogens is 302 g/mol. The second-order valence-corrected chi connectivity index (χ2v) is 6.95. The van der Waals surface area contributed by atoms with Crippen LogP contribution in [0.1, 0.15) is 32.1 Å². The van der Waals surface area contributed by atoms with E-state index in [1.54, 1.807) is 7.11 Å². The van der Waals surface area contributed by atoms with Crippen LogP contribution in [0, 0.1) is 5.92 Å². The lowest BCUT2D eigenvalue weighted by atomic mass is 9.95. The molecule has 1 aromatic carbocycles. The zero-order valence-electron chi connectivity index (χ0n) is 14.7. The van der Waals surface area contributed by atoms with E-state index < -0.39 is 0 Å². The number of carbonyl (C=O) groups is 1. The summed E-state index contributed by atoms with van der Waals surface area (Å²) < 4.78 is 5.20. The lowest BCUT2D eigenvalue weighted by Crippen LogP contribution is -2.44. The fourth-order valence-electron chi connectivity index (χ4n) is 3.73. The normalized spacial score (nSPS) is 20.0. The van der Waals surface area contributed by atoms with Crippen LogP contribution in [0.5, 0.6) is 5.75 Å². The van der Waals surface area contributed by atoms with Crippen molar-refractivity contribution in [2.24, 2.45) is 5.92 Å². The number of benzene rings is 1. The van der Waals surface area contributed by atoms with Crippen LogP contribution in [-0.4, -0.2) is 55.7 Å². The van der Waals surface area contributed by atoms with Crippen molar-refractivity contribution in [3.63, 3.8) is 0 Å². The molecular formula is C19H29N3O2. The third kappa shape index (κ3) is 4.63. The van der Waals surface area contributed by atoms with Gasteiger partial charge in [-0.15, -0.1) is 0 Å². The van der Waals surface area contributed by atoms with Crippen molar-refractivity contribution in [3.05, 3.63) is 24.3 Å². The number of hydrogen-bond donors (Lipinski definition) is 1. The van der Waals surface area contributed by atoms with Crippen molar-refractivity contribution in [1.82, 2.24) is 9.80 Å². The number of amides is 2. The first-order valence-electron chi connectivity index (χ1n) is 9.17. The number of carbonyl (C=O) groups excluding carboxylic acids is 1. The number of hydrogen-bond acceptors (Lipinski definition) is 3. The third-order valence-electron chi connectivity index (χ3n) is 5.19. The number of ether oxygens (including phenoxy) is 1. The molecule has 2 saturated heterocycles. The lowest BCUT2D eigenvalue weighted by molar-refractivity contribution is 0.142. The van der Waals surface area contributed by atoms with E-state index in [0.717, 1.165) is 43.3 Å². The predicted octanol–water partition coefficient (Wildman–Crippen LogP) is 3.43. The molecule has 2 aliphatic rings. The summed E-state index contributed by atoms with van der Waals surface area (Å²) in [6.07, 6.45) is 6.31. The molecule has 2 amide bonds. The largest absolute Gasteiger partial charge is 0.497 e. The van der Waals surface area contributed by atoms with Gasteiger partial charge in [-0.1, -0.05) is 12.5 Å². The van der Waals surface area contributed by atoms with Crippen molar-refractivity contribution < 1.29 is 9.53 Å². The Morgan fingerprint density at radius 3 is 2.62 bits per heavy atom. The zero-order chi connectivity index (χ0) is 16.8. The number of urea groups is 1. The third-order valence-corrected chi connectivity index (χ3v) is 5.19. The number of nitrogens with one attached hydrogen (secondary N) is 1. The van der Waals surface area contributed by atoms with Gasteiger partial charge in [0.1, 0.15) is 5.75 Å². The van der Waals surface area contributed by atoms with Crippen LogP contribution in [0.4, 0.5) is 10.5 Å². The molecule has 0 aliphatic carbocycles. The smallest absolute Gasteiger partial charge is 0.321 e. The van der Waals surface area contributed by atoms with E-state index in [0.29, 0.717) is 0 Å². The van der Waals surface area contributed by atoms with Gasteiger partial charge < -0.3 is 19.9 Å². The molecule has 0 spiro atoms. The highest BCUT2D eigenvalue weighted by atomic mass is 16.5. The van der Waals surface area contributed by atoms with Crippen LogP contribution >= 0.6 is 0 Å². The Balaban J connectivity index is 1.44. The first-order chi connectivity index (χ1) is 11.7. The molecule has 1 aromatic rings. The van der Waals surface area contributed by atoms with Crippen molar-refractivity contribution in [2.75, 3.05) is 45.2 Å². The number of likely N-dealkylation sites (tertiary alicyclic amines) is 2. The number of anilines is 1. The molecule has 0 aromatic heterocycles. The first kappa shape index (κ1) is 17.1. The molecule has 2 aliphatic heterocycles. The topological polar surface area (TPSA) is 44.8 Å². The van der Waals surface area contributed by atoms with Gasteiger partial charge in [0.2, 0.25) is 0 Å². The number of piperidine rings is 2. The average molecular weight is 331 g/mol. The standard InChI is InChI=1S/C19H29N3O2/c1-24-18-7-5-6-17(14-18)20-19(23)22-12-8-16(9-13-22)15-21-10-3-2-4-11-21/h5-7,14,16H,2-4,8-13,15H2,1H3,(H,20,23). The molecule has 132 valence electrons. The molecule has 0 atom stereocenters. The van der Waals surface area contributed by atoms with Gasteiger partial charge in [0.15, 0.2) is 0 Å². The summed E-state index contributed by atoms with van der Waals surface area (Å²) in [5.74, 6) is 1.50. The van der Waals surface area contributed by atoms with Gasteiger partial charge in [-0.25, -0.2) is 4.79 Å². The molecule has 0 unspecified atom stereocenters. The molecule has 0 radical (unpaired) electrons. The predicted molar refractivity (Wildman–Crippen MR) is 96.6 cm³/mol. The lowest BCUT2D eigenvalue weighted by Gasteiger charge is -2.36. The number of methoxy groups -OCH3 is 1. The summed E-state index contributed by atoms with van der Waals surface area (Å²) in [7, 11) is 1.63. The Hall–Kier alpha value is -1.75. The van der Waals surface area contributed by atoms with Gasteiger partial charge in [-0.3, -0.25) is 0 Å². The van der Waals surface area contributed by atoms with Crippen molar-refractivity contribution in [2.45, 2.75) is 32.1 Å². The number of rotatable bonds is 4. The van der Waals surface area contributed by atoms with Gasteiger partial charge in [0.25, 0.3) is 0 Å². The minimum Gasteiger partial charge on any atom is -0.497 e. The van der Waals surface area contributed by atoms with Crippen LogP contribution < -0.4 is 10.1 Å². The maximum atomic E-state index is 12.4. The Bertz CT molecular complexity index is 535. The van der Waals surface area contributed by atoms with Crippen molar-refractivity contribution >= 4 is 11.7 Å². The van der Waals surface area contributed by atoms with E-state index in [9.17, 15) is 4.79 Å². The van der Waals surface area contributed by atoms with Gasteiger partial charge in [-0.2, -0.15) is 0 Å². The Morgan fingerprint density at radius 1 is 1.17 bits per heavy atom. The molecule has 2 fully saturated rings. The molecule has 5 heteroatoms. The Kier molecular flexibility index (Phi) is 5.96. The van der Waals surface area contributed by atoms with E-state index in [4.69, 9.17) is 4.74 Å². The van der Waals surface area contributed by atoms with E-state index in [2.05, 4.69) is 10.2 Å². The van der Waals surface area contributed by atoms with E-state index in [-0.39, 0.29) is 6.03 Å². The SMILES string of the molecule is COc1cccc(NC(=O)N2CCC(CN3CCCCC3)CC2)c1. The minimum atomic E-state index is -0.000300. The summed E-state index contributed by atoms with van der Waals surface area (Å²) >= 11 is 0. The Labute approximate surface area is 145 Å². The molecule has 5 nitrogen and oxygen atoms in total. The maximum absolute atomic E-state index is 12.4. The van der Waals surface area contributed by atoms with Gasteiger partial charge in [0.05, 0.1) is 7.11 Å².